The maximum absolute atomic E-state index is 11.5. The molecule has 0 aliphatic heterocycles. The van der Waals surface area contributed by atoms with Crippen LogP contribution in [0.3, 0.4) is 0 Å². The summed E-state index contributed by atoms with van der Waals surface area (Å²) in [4.78, 5) is 11.5. The molecule has 1 saturated carbocycles. The van der Waals surface area contributed by atoms with Gasteiger partial charge in [-0.25, -0.2) is 0 Å². The highest BCUT2D eigenvalue weighted by atomic mass is 16.1. The van der Waals surface area contributed by atoms with Gasteiger partial charge in [-0.2, -0.15) is 0 Å². The van der Waals surface area contributed by atoms with Crippen LogP contribution in [0.15, 0.2) is 12.2 Å². The second-order valence-corrected chi connectivity index (χ2v) is 6.07. The van der Waals surface area contributed by atoms with E-state index in [1.165, 1.54) is 38.5 Å². The first kappa shape index (κ1) is 11.9. The van der Waals surface area contributed by atoms with Gasteiger partial charge in [0, 0.05) is 12.8 Å². The normalized spacial score (nSPS) is 35.3. The van der Waals surface area contributed by atoms with Gasteiger partial charge in [-0.3, -0.25) is 4.79 Å². The molecule has 2 aliphatic rings. The van der Waals surface area contributed by atoms with E-state index >= 15 is 0 Å². The zero-order valence-corrected chi connectivity index (χ0v) is 10.5. The number of carbonyl (C=O) groups is 1. The molecule has 0 bridgehead atoms. The standard InChI is InChI=1S/C15H24O/c1-15(10-5-8-14(16)12-15)11-9-13-6-3-2-4-7-13/h2-3,13H,4-12H2,1H3/t13?,15-/m0/s1. The molecule has 0 heterocycles. The Kier molecular flexibility index (Phi) is 3.83. The molecule has 2 atom stereocenters. The zero-order chi connectivity index (χ0) is 11.4. The first-order valence-electron chi connectivity index (χ1n) is 6.85. The Morgan fingerprint density at radius 2 is 2.31 bits per heavy atom. The zero-order valence-electron chi connectivity index (χ0n) is 10.5. The fraction of sp³-hybridized carbons (Fsp3) is 0.800. The lowest BCUT2D eigenvalue weighted by Gasteiger charge is -2.34. The third-order valence-corrected chi connectivity index (χ3v) is 4.39. The molecule has 90 valence electrons. The quantitative estimate of drug-likeness (QED) is 0.649. The van der Waals surface area contributed by atoms with E-state index in [4.69, 9.17) is 0 Å². The van der Waals surface area contributed by atoms with Crippen molar-refractivity contribution in [2.75, 3.05) is 0 Å². The minimum Gasteiger partial charge on any atom is -0.300 e. The van der Waals surface area contributed by atoms with Crippen molar-refractivity contribution in [1.82, 2.24) is 0 Å². The van der Waals surface area contributed by atoms with Gasteiger partial charge in [0.2, 0.25) is 0 Å². The van der Waals surface area contributed by atoms with E-state index in [0.717, 1.165) is 25.2 Å². The Morgan fingerprint density at radius 1 is 1.44 bits per heavy atom. The minimum absolute atomic E-state index is 0.330. The SMILES string of the molecule is C[C@@]1(CCC2CC=CCC2)CCCC(=O)C1. The van der Waals surface area contributed by atoms with Gasteiger partial charge in [-0.05, 0) is 56.3 Å². The molecule has 2 aliphatic carbocycles. The monoisotopic (exact) mass is 220 g/mol. The first-order chi connectivity index (χ1) is 7.68. The number of ketones is 1. The first-order valence-corrected chi connectivity index (χ1v) is 6.85. The van der Waals surface area contributed by atoms with Crippen LogP contribution < -0.4 is 0 Å². The molecular formula is C15H24O. The van der Waals surface area contributed by atoms with Crippen LogP contribution in [-0.4, -0.2) is 5.78 Å². The average Bonchev–Trinajstić information content (AvgIpc) is 2.28. The smallest absolute Gasteiger partial charge is 0.133 e. The summed E-state index contributed by atoms with van der Waals surface area (Å²) in [5.41, 5.74) is 0.330. The van der Waals surface area contributed by atoms with Gasteiger partial charge in [0.15, 0.2) is 0 Å². The summed E-state index contributed by atoms with van der Waals surface area (Å²) in [6.07, 6.45) is 15.2. The lowest BCUT2D eigenvalue weighted by atomic mass is 9.70. The third-order valence-electron chi connectivity index (χ3n) is 4.39. The maximum atomic E-state index is 11.5. The van der Waals surface area contributed by atoms with Crippen LogP contribution in [0.25, 0.3) is 0 Å². The van der Waals surface area contributed by atoms with Gasteiger partial charge < -0.3 is 0 Å². The van der Waals surface area contributed by atoms with Crippen LogP contribution in [0.5, 0.6) is 0 Å². The highest BCUT2D eigenvalue weighted by Gasteiger charge is 2.31. The summed E-state index contributed by atoms with van der Waals surface area (Å²) in [7, 11) is 0. The van der Waals surface area contributed by atoms with E-state index in [9.17, 15) is 4.79 Å². The summed E-state index contributed by atoms with van der Waals surface area (Å²) in [6.45, 7) is 2.32. The van der Waals surface area contributed by atoms with Crippen LogP contribution in [0.4, 0.5) is 0 Å². The average molecular weight is 220 g/mol. The van der Waals surface area contributed by atoms with Gasteiger partial charge in [0.1, 0.15) is 5.78 Å². The van der Waals surface area contributed by atoms with Crippen molar-refractivity contribution in [1.29, 1.82) is 0 Å². The number of carbonyl (C=O) groups excluding carboxylic acids is 1. The predicted octanol–water partition coefficient (Wildman–Crippen LogP) is 4.27. The number of rotatable bonds is 3. The van der Waals surface area contributed by atoms with Gasteiger partial charge in [-0.1, -0.05) is 19.1 Å². The Balaban J connectivity index is 1.79. The van der Waals surface area contributed by atoms with Crippen molar-refractivity contribution in [2.45, 2.75) is 64.7 Å². The summed E-state index contributed by atoms with van der Waals surface area (Å²) in [6, 6.07) is 0. The van der Waals surface area contributed by atoms with Crippen molar-refractivity contribution in [2.24, 2.45) is 11.3 Å². The maximum Gasteiger partial charge on any atom is 0.133 e. The third kappa shape index (κ3) is 3.20. The van der Waals surface area contributed by atoms with Crippen molar-refractivity contribution in [3.63, 3.8) is 0 Å². The second kappa shape index (κ2) is 5.16. The Labute approximate surface area is 99.3 Å². The number of allylic oxidation sites excluding steroid dienone is 2. The molecule has 0 aromatic heterocycles. The van der Waals surface area contributed by atoms with Crippen molar-refractivity contribution >= 4 is 5.78 Å². The summed E-state index contributed by atoms with van der Waals surface area (Å²) < 4.78 is 0. The van der Waals surface area contributed by atoms with Gasteiger partial charge >= 0.3 is 0 Å². The number of hydrogen-bond donors (Lipinski definition) is 0. The summed E-state index contributed by atoms with van der Waals surface area (Å²) in [5, 5.41) is 0. The predicted molar refractivity (Wildman–Crippen MR) is 67.3 cm³/mol. The Morgan fingerprint density at radius 3 is 3.00 bits per heavy atom. The highest BCUT2D eigenvalue weighted by molar-refractivity contribution is 5.79. The molecule has 1 heteroatoms. The second-order valence-electron chi connectivity index (χ2n) is 6.07. The van der Waals surface area contributed by atoms with E-state index in [0.29, 0.717) is 11.2 Å². The number of Topliss-reactive ketones (excluding diaryl/α,β-unsaturated/α-hetero) is 1. The van der Waals surface area contributed by atoms with Crippen LogP contribution in [0.1, 0.15) is 64.7 Å². The Hall–Kier alpha value is -0.590. The minimum atomic E-state index is 0.330. The molecule has 16 heavy (non-hydrogen) atoms. The van der Waals surface area contributed by atoms with Crippen LogP contribution in [0, 0.1) is 11.3 Å². The largest absolute Gasteiger partial charge is 0.300 e. The topological polar surface area (TPSA) is 17.1 Å². The molecular weight excluding hydrogens is 196 g/mol. The molecule has 1 fully saturated rings. The number of hydrogen-bond acceptors (Lipinski definition) is 1. The highest BCUT2D eigenvalue weighted by Crippen LogP contribution is 2.40. The van der Waals surface area contributed by atoms with E-state index in [1.807, 2.05) is 0 Å². The van der Waals surface area contributed by atoms with E-state index in [-0.39, 0.29) is 0 Å². The van der Waals surface area contributed by atoms with Crippen molar-refractivity contribution in [3.8, 4) is 0 Å². The van der Waals surface area contributed by atoms with Gasteiger partial charge in [0.05, 0.1) is 0 Å². The molecule has 0 amide bonds. The van der Waals surface area contributed by atoms with Crippen LogP contribution in [0.2, 0.25) is 0 Å². The molecule has 0 saturated heterocycles. The molecule has 0 aromatic rings. The van der Waals surface area contributed by atoms with Gasteiger partial charge in [-0.15, -0.1) is 0 Å². The van der Waals surface area contributed by atoms with Crippen molar-refractivity contribution in [3.05, 3.63) is 12.2 Å². The summed E-state index contributed by atoms with van der Waals surface area (Å²) >= 11 is 0. The van der Waals surface area contributed by atoms with E-state index < -0.39 is 0 Å². The van der Waals surface area contributed by atoms with Crippen molar-refractivity contribution < 1.29 is 4.79 Å². The molecule has 1 nitrogen and oxygen atoms in total. The molecule has 0 aromatic carbocycles. The molecule has 1 unspecified atom stereocenters. The molecule has 2 rings (SSSR count). The Bertz CT molecular complexity index is 279. The lowest BCUT2D eigenvalue weighted by Crippen LogP contribution is -2.26. The fourth-order valence-corrected chi connectivity index (χ4v) is 3.25. The lowest BCUT2D eigenvalue weighted by molar-refractivity contribution is -0.123. The molecule has 0 radical (unpaired) electrons. The van der Waals surface area contributed by atoms with Gasteiger partial charge in [0.25, 0.3) is 0 Å². The fourth-order valence-electron chi connectivity index (χ4n) is 3.25. The van der Waals surface area contributed by atoms with Crippen LogP contribution in [-0.2, 0) is 4.79 Å². The summed E-state index contributed by atoms with van der Waals surface area (Å²) in [5.74, 6) is 1.39. The van der Waals surface area contributed by atoms with E-state index in [1.54, 1.807) is 0 Å². The van der Waals surface area contributed by atoms with Crippen LogP contribution >= 0.6 is 0 Å². The molecule has 0 N–H and O–H groups in total. The molecule has 0 spiro atoms. The van der Waals surface area contributed by atoms with E-state index in [2.05, 4.69) is 19.1 Å².